The molecule has 0 aliphatic heterocycles. The molecule has 106 valence electrons. The molecule has 0 radical (unpaired) electrons. The van der Waals surface area contributed by atoms with E-state index in [1.807, 2.05) is 0 Å². The Morgan fingerprint density at radius 1 is 1.17 bits per heavy atom. The molecule has 0 spiro atoms. The van der Waals surface area contributed by atoms with Crippen molar-refractivity contribution >= 4 is 30.5 Å². The second-order valence-corrected chi connectivity index (χ2v) is 3.57. The van der Waals surface area contributed by atoms with Crippen LogP contribution in [0.1, 0.15) is 13.3 Å². The number of hydrogen-bond acceptors (Lipinski definition) is 7. The van der Waals surface area contributed by atoms with Gasteiger partial charge in [0, 0.05) is 19.1 Å². The van der Waals surface area contributed by atoms with Crippen LogP contribution >= 0.6 is 12.6 Å². The summed E-state index contributed by atoms with van der Waals surface area (Å²) in [6.45, 7) is 1.31. The maximum absolute atomic E-state index is 10.2. The fourth-order valence-corrected chi connectivity index (χ4v) is 0.687. The smallest absolute Gasteiger partial charge is 0.321 e. The Hall–Kier alpha value is -1.32. The number of carbonyl (C=O) groups excluding carboxylic acids is 1. The summed E-state index contributed by atoms with van der Waals surface area (Å²) in [5.74, 6) is -2.33. The molecule has 0 aliphatic carbocycles. The lowest BCUT2D eigenvalue weighted by molar-refractivity contribution is -0.144. The van der Waals surface area contributed by atoms with Crippen LogP contribution in [0.25, 0.3) is 0 Å². The summed E-state index contributed by atoms with van der Waals surface area (Å²) in [5.41, 5.74) is 10.1. The molecular weight excluding hydrogens is 264 g/mol. The van der Waals surface area contributed by atoms with Crippen molar-refractivity contribution in [2.45, 2.75) is 25.4 Å². The molecule has 0 fully saturated rings. The van der Waals surface area contributed by atoms with E-state index in [-0.39, 0.29) is 18.8 Å². The van der Waals surface area contributed by atoms with Crippen molar-refractivity contribution < 1.29 is 29.3 Å². The van der Waals surface area contributed by atoms with Gasteiger partial charge in [-0.15, -0.1) is 0 Å². The Morgan fingerprint density at radius 2 is 1.61 bits per heavy atom. The summed E-state index contributed by atoms with van der Waals surface area (Å²) in [6, 6.07) is -1.77. The lowest BCUT2D eigenvalue weighted by Crippen LogP contribution is -2.31. The minimum Gasteiger partial charge on any atom is -0.480 e. The van der Waals surface area contributed by atoms with Crippen LogP contribution in [0.2, 0.25) is 0 Å². The Labute approximate surface area is 110 Å². The van der Waals surface area contributed by atoms with E-state index in [9.17, 15) is 14.4 Å². The number of hydrogen-bond donors (Lipinski definition) is 5. The van der Waals surface area contributed by atoms with Crippen LogP contribution < -0.4 is 11.5 Å². The number of carbonyl (C=O) groups is 3. The fraction of sp³-hybridized carbons (Fsp3) is 0.667. The SMILES string of the molecule is CC(=O)OCCC(N)C(=O)O.N[C@@H](CS)C(=O)O. The summed E-state index contributed by atoms with van der Waals surface area (Å²) >= 11 is 3.65. The second-order valence-electron chi connectivity index (χ2n) is 3.20. The van der Waals surface area contributed by atoms with Crippen molar-refractivity contribution in [2.24, 2.45) is 11.5 Å². The molecule has 2 atom stereocenters. The van der Waals surface area contributed by atoms with Crippen molar-refractivity contribution in [3.8, 4) is 0 Å². The molecule has 0 rings (SSSR count). The van der Waals surface area contributed by atoms with E-state index in [0.29, 0.717) is 0 Å². The quantitative estimate of drug-likeness (QED) is 0.297. The van der Waals surface area contributed by atoms with E-state index >= 15 is 0 Å². The van der Waals surface area contributed by atoms with Gasteiger partial charge in [0.2, 0.25) is 0 Å². The number of carboxylic acid groups (broad SMARTS) is 2. The minimum absolute atomic E-state index is 0.0583. The lowest BCUT2D eigenvalue weighted by atomic mass is 10.2. The first-order valence-electron chi connectivity index (χ1n) is 4.93. The van der Waals surface area contributed by atoms with Gasteiger partial charge in [-0.25, -0.2) is 0 Å². The van der Waals surface area contributed by atoms with Gasteiger partial charge in [0.15, 0.2) is 0 Å². The summed E-state index contributed by atoms with van der Waals surface area (Å²) in [6.07, 6.45) is 0.148. The van der Waals surface area contributed by atoms with E-state index < -0.39 is 30.0 Å². The lowest BCUT2D eigenvalue weighted by Gasteiger charge is -2.04. The van der Waals surface area contributed by atoms with Crippen molar-refractivity contribution in [3.05, 3.63) is 0 Å². The third-order valence-electron chi connectivity index (χ3n) is 1.57. The predicted octanol–water partition coefficient (Wildman–Crippen LogP) is -1.32. The summed E-state index contributed by atoms with van der Waals surface area (Å²) in [5, 5.41) is 16.3. The Balaban J connectivity index is 0. The molecule has 0 aliphatic rings. The largest absolute Gasteiger partial charge is 0.480 e. The maximum atomic E-state index is 10.2. The van der Waals surface area contributed by atoms with E-state index in [4.69, 9.17) is 21.7 Å². The maximum Gasteiger partial charge on any atom is 0.321 e. The number of esters is 1. The Bertz CT molecular complexity index is 286. The van der Waals surface area contributed by atoms with E-state index in [2.05, 4.69) is 17.4 Å². The molecule has 8 nitrogen and oxygen atoms in total. The average Bonchev–Trinajstić information content (AvgIpc) is 2.27. The molecule has 6 N–H and O–H groups in total. The van der Waals surface area contributed by atoms with Crippen LogP contribution in [0.5, 0.6) is 0 Å². The number of ether oxygens (including phenoxy) is 1. The molecule has 9 heteroatoms. The van der Waals surface area contributed by atoms with Crippen molar-refractivity contribution in [1.29, 1.82) is 0 Å². The highest BCUT2D eigenvalue weighted by atomic mass is 32.1. The van der Waals surface area contributed by atoms with Crippen LogP contribution in [-0.4, -0.2) is 52.6 Å². The topological polar surface area (TPSA) is 153 Å². The fourth-order valence-electron chi connectivity index (χ4n) is 0.531. The molecule has 18 heavy (non-hydrogen) atoms. The van der Waals surface area contributed by atoms with Gasteiger partial charge in [-0.3, -0.25) is 14.4 Å². The number of nitrogens with two attached hydrogens (primary N) is 2. The van der Waals surface area contributed by atoms with Crippen molar-refractivity contribution in [3.63, 3.8) is 0 Å². The van der Waals surface area contributed by atoms with E-state index in [1.165, 1.54) is 6.92 Å². The van der Waals surface area contributed by atoms with Gasteiger partial charge in [-0.05, 0) is 0 Å². The molecule has 0 bridgehead atoms. The van der Waals surface area contributed by atoms with Crippen LogP contribution in [0, 0.1) is 0 Å². The summed E-state index contributed by atoms with van der Waals surface area (Å²) in [7, 11) is 0. The van der Waals surface area contributed by atoms with E-state index in [1.54, 1.807) is 0 Å². The Morgan fingerprint density at radius 3 is 1.83 bits per heavy atom. The monoisotopic (exact) mass is 282 g/mol. The standard InChI is InChI=1S/C6H11NO4.C3H7NO2S/c1-4(8)11-3-2-5(7)6(9)10;4-2(1-7)3(5)6/h5H,2-3,7H2,1H3,(H,9,10);2,7H,1,4H2,(H,5,6)/t;2-/m.0/s1. The van der Waals surface area contributed by atoms with Crippen LogP contribution in [0.3, 0.4) is 0 Å². The average molecular weight is 282 g/mol. The van der Waals surface area contributed by atoms with Crippen molar-refractivity contribution in [1.82, 2.24) is 0 Å². The van der Waals surface area contributed by atoms with Gasteiger partial charge in [-0.1, -0.05) is 0 Å². The first-order chi connectivity index (χ1) is 8.22. The molecule has 0 saturated heterocycles. The summed E-state index contributed by atoms with van der Waals surface area (Å²) < 4.78 is 4.48. The number of aliphatic carboxylic acids is 2. The third-order valence-corrected chi connectivity index (χ3v) is 1.96. The Kier molecular flexibility index (Phi) is 11.4. The first kappa shape index (κ1) is 19.0. The molecule has 0 aromatic carbocycles. The number of rotatable bonds is 6. The molecule has 0 amide bonds. The molecule has 0 heterocycles. The van der Waals surface area contributed by atoms with Gasteiger partial charge < -0.3 is 26.4 Å². The minimum atomic E-state index is -1.09. The molecule has 0 aromatic rings. The van der Waals surface area contributed by atoms with Gasteiger partial charge in [0.1, 0.15) is 12.1 Å². The van der Waals surface area contributed by atoms with E-state index in [0.717, 1.165) is 0 Å². The van der Waals surface area contributed by atoms with Crippen LogP contribution in [-0.2, 0) is 19.1 Å². The zero-order valence-corrected chi connectivity index (χ0v) is 10.8. The number of thiol groups is 1. The zero-order chi connectivity index (χ0) is 14.7. The first-order valence-corrected chi connectivity index (χ1v) is 5.56. The highest BCUT2D eigenvalue weighted by Gasteiger charge is 2.10. The summed E-state index contributed by atoms with van der Waals surface area (Å²) in [4.78, 5) is 30.1. The normalized spacial score (nSPS) is 12.7. The van der Waals surface area contributed by atoms with Gasteiger partial charge in [0.25, 0.3) is 0 Å². The second kappa shape index (κ2) is 10.8. The van der Waals surface area contributed by atoms with Crippen molar-refractivity contribution in [2.75, 3.05) is 12.4 Å². The highest BCUT2D eigenvalue weighted by Crippen LogP contribution is 1.89. The molecule has 0 saturated carbocycles. The van der Waals surface area contributed by atoms with Gasteiger partial charge in [-0.2, -0.15) is 12.6 Å². The van der Waals surface area contributed by atoms with Crippen LogP contribution in [0.15, 0.2) is 0 Å². The number of carboxylic acids is 2. The highest BCUT2D eigenvalue weighted by molar-refractivity contribution is 7.80. The molecule has 1 unspecified atom stereocenters. The zero-order valence-electron chi connectivity index (χ0n) is 9.91. The van der Waals surface area contributed by atoms with Crippen LogP contribution in [0.4, 0.5) is 0 Å². The molecular formula is C9H18N2O6S. The molecule has 0 aromatic heterocycles. The van der Waals surface area contributed by atoms with Gasteiger partial charge >= 0.3 is 17.9 Å². The van der Waals surface area contributed by atoms with Gasteiger partial charge in [0.05, 0.1) is 6.61 Å². The third kappa shape index (κ3) is 12.7. The predicted molar refractivity (Wildman–Crippen MR) is 66.3 cm³/mol.